The maximum atomic E-state index is 12.9. The third-order valence-electron chi connectivity index (χ3n) is 7.83. The van der Waals surface area contributed by atoms with Gasteiger partial charge in [-0.25, -0.2) is 0 Å². The minimum Gasteiger partial charge on any atom is -0.504 e. The summed E-state index contributed by atoms with van der Waals surface area (Å²) in [6.45, 7) is 5.90. The summed E-state index contributed by atoms with van der Waals surface area (Å²) in [4.78, 5) is 15.5. The monoisotopic (exact) mass is 337 g/mol. The smallest absolute Gasteiger partial charge is 0.173 e. The Morgan fingerprint density at radius 3 is 3.16 bits per heavy atom. The van der Waals surface area contributed by atoms with E-state index in [2.05, 4.69) is 17.5 Å². The van der Waals surface area contributed by atoms with Gasteiger partial charge in [0.15, 0.2) is 23.4 Å². The molecule has 1 spiro atoms. The van der Waals surface area contributed by atoms with Crippen LogP contribution in [0.5, 0.6) is 11.5 Å². The highest BCUT2D eigenvalue weighted by atomic mass is 16.5. The molecule has 1 aromatic rings. The SMILES string of the molecule is C=CCN1CC[C@@H]2C3Oc4c(O)ccc5c4C4C2[C@]4(CCC3=O)C1C5. The number of phenols is 1. The fourth-order valence-electron chi connectivity index (χ4n) is 7.02. The zero-order valence-electron chi connectivity index (χ0n) is 14.3. The average molecular weight is 337 g/mol. The molecule has 6 rings (SSSR count). The summed E-state index contributed by atoms with van der Waals surface area (Å²) in [6.07, 6.45) is 5.25. The highest BCUT2D eigenvalue weighted by Gasteiger charge is 2.77. The van der Waals surface area contributed by atoms with Crippen LogP contribution in [0.25, 0.3) is 0 Å². The maximum absolute atomic E-state index is 12.9. The first-order valence-corrected chi connectivity index (χ1v) is 9.56. The van der Waals surface area contributed by atoms with Crippen molar-refractivity contribution in [3.63, 3.8) is 0 Å². The average Bonchev–Trinajstić information content (AvgIpc) is 3.33. The van der Waals surface area contributed by atoms with Gasteiger partial charge in [0.1, 0.15) is 0 Å². The summed E-state index contributed by atoms with van der Waals surface area (Å²) >= 11 is 0. The number of carbonyl (C=O) groups excluding carboxylic acids is 1. The van der Waals surface area contributed by atoms with Crippen LogP contribution in [0.4, 0.5) is 0 Å². The van der Waals surface area contributed by atoms with Gasteiger partial charge in [-0.2, -0.15) is 0 Å². The number of aromatic hydroxyl groups is 1. The van der Waals surface area contributed by atoms with Crippen molar-refractivity contribution >= 4 is 5.78 Å². The van der Waals surface area contributed by atoms with Gasteiger partial charge < -0.3 is 9.84 Å². The first-order chi connectivity index (χ1) is 12.2. The second-order valence-electron chi connectivity index (χ2n) is 8.56. The maximum Gasteiger partial charge on any atom is 0.173 e. The van der Waals surface area contributed by atoms with Crippen molar-refractivity contribution in [2.24, 2.45) is 17.3 Å². The van der Waals surface area contributed by atoms with Gasteiger partial charge in [-0.05, 0) is 54.7 Å². The van der Waals surface area contributed by atoms with Crippen LogP contribution in [0, 0.1) is 17.3 Å². The van der Waals surface area contributed by atoms with Crippen molar-refractivity contribution < 1.29 is 14.6 Å². The third-order valence-corrected chi connectivity index (χ3v) is 7.83. The molecule has 5 aliphatic rings. The molecule has 3 aliphatic carbocycles. The highest BCUT2D eigenvalue weighted by molar-refractivity contribution is 5.85. The number of nitrogens with zero attached hydrogens (tertiary/aromatic N) is 1. The van der Waals surface area contributed by atoms with Crippen molar-refractivity contribution in [1.82, 2.24) is 4.90 Å². The van der Waals surface area contributed by atoms with Crippen molar-refractivity contribution in [3.8, 4) is 11.5 Å². The van der Waals surface area contributed by atoms with Crippen molar-refractivity contribution in [3.05, 3.63) is 35.9 Å². The Morgan fingerprint density at radius 1 is 1.44 bits per heavy atom. The zero-order valence-corrected chi connectivity index (χ0v) is 14.3. The lowest BCUT2D eigenvalue weighted by Crippen LogP contribution is -2.46. The molecular formula is C21H23NO3. The van der Waals surface area contributed by atoms with E-state index < -0.39 is 0 Å². The lowest BCUT2D eigenvalue weighted by molar-refractivity contribution is -0.128. The lowest BCUT2D eigenvalue weighted by atomic mass is 9.76. The number of ether oxygens (including phenoxy) is 1. The number of carbonyl (C=O) groups is 1. The van der Waals surface area contributed by atoms with Gasteiger partial charge in [0.05, 0.1) is 0 Å². The van der Waals surface area contributed by atoms with E-state index in [1.807, 2.05) is 6.08 Å². The van der Waals surface area contributed by atoms with Crippen molar-refractivity contribution in [2.45, 2.75) is 43.7 Å². The molecule has 0 amide bonds. The Kier molecular flexibility index (Phi) is 2.57. The Bertz CT molecular complexity index is 818. The van der Waals surface area contributed by atoms with Gasteiger partial charge in [-0.1, -0.05) is 12.1 Å². The third kappa shape index (κ3) is 1.52. The molecule has 2 heterocycles. The minimum absolute atomic E-state index is 0.202. The van der Waals surface area contributed by atoms with Crippen molar-refractivity contribution in [1.29, 1.82) is 0 Å². The molecule has 4 nitrogen and oxygen atoms in total. The molecule has 4 unspecified atom stereocenters. The van der Waals surface area contributed by atoms with Gasteiger partial charge in [0.25, 0.3) is 0 Å². The standard InChI is InChI=1S/C21H23NO3/c1-2-8-22-9-6-12-17-18-16-11-3-4-13(23)20(16)25-19(12)14(24)5-7-21(17,18)15(22)10-11/h2-4,12,15,17-19,23H,1,5-10H2/t12-,15?,17?,18?,19?,21-/m0/s1. The van der Waals surface area contributed by atoms with Crippen LogP contribution in [0.15, 0.2) is 24.8 Å². The summed E-state index contributed by atoms with van der Waals surface area (Å²) < 4.78 is 6.27. The van der Waals surface area contributed by atoms with E-state index in [1.165, 1.54) is 11.1 Å². The molecule has 1 aromatic carbocycles. The fraction of sp³-hybridized carbons (Fsp3) is 0.571. The predicted molar refractivity (Wildman–Crippen MR) is 92.8 cm³/mol. The number of benzene rings is 1. The van der Waals surface area contributed by atoms with E-state index in [-0.39, 0.29) is 29.0 Å². The minimum atomic E-state index is -0.373. The predicted octanol–water partition coefficient (Wildman–Crippen LogP) is 2.65. The summed E-state index contributed by atoms with van der Waals surface area (Å²) in [5.74, 6) is 2.35. The van der Waals surface area contributed by atoms with Gasteiger partial charge in [-0.3, -0.25) is 9.69 Å². The van der Waals surface area contributed by atoms with Crippen LogP contribution >= 0.6 is 0 Å². The number of hydrogen-bond donors (Lipinski definition) is 1. The molecule has 1 saturated heterocycles. The topological polar surface area (TPSA) is 49.8 Å². The largest absolute Gasteiger partial charge is 0.504 e. The normalized spacial score (nSPS) is 42.9. The number of hydrogen-bond acceptors (Lipinski definition) is 4. The Labute approximate surface area is 147 Å². The van der Waals surface area contributed by atoms with Crippen LogP contribution in [0.2, 0.25) is 0 Å². The zero-order chi connectivity index (χ0) is 16.9. The Hall–Kier alpha value is -1.81. The second kappa shape index (κ2) is 4.47. The molecule has 25 heavy (non-hydrogen) atoms. The fourth-order valence-corrected chi connectivity index (χ4v) is 7.02. The number of ketones is 1. The molecular weight excluding hydrogens is 314 g/mol. The molecule has 130 valence electrons. The van der Waals surface area contributed by atoms with E-state index in [0.717, 1.165) is 32.4 Å². The van der Waals surface area contributed by atoms with Crippen molar-refractivity contribution in [2.75, 3.05) is 13.1 Å². The van der Waals surface area contributed by atoms with Gasteiger partial charge in [0.2, 0.25) is 0 Å². The van der Waals surface area contributed by atoms with Crippen LogP contribution in [0.3, 0.4) is 0 Å². The molecule has 0 radical (unpaired) electrons. The van der Waals surface area contributed by atoms with Crippen LogP contribution in [0.1, 0.15) is 36.3 Å². The van der Waals surface area contributed by atoms with E-state index >= 15 is 0 Å². The number of phenolic OH excluding ortho intramolecular Hbond substituents is 1. The van der Waals surface area contributed by atoms with E-state index in [0.29, 0.717) is 30.0 Å². The van der Waals surface area contributed by atoms with E-state index in [1.54, 1.807) is 6.07 Å². The number of likely N-dealkylation sites (tertiary alicyclic amines) is 1. The molecule has 4 heteroatoms. The molecule has 6 atom stereocenters. The quantitative estimate of drug-likeness (QED) is 0.843. The van der Waals surface area contributed by atoms with E-state index in [9.17, 15) is 9.90 Å². The van der Waals surface area contributed by atoms with Crippen LogP contribution in [-0.2, 0) is 11.2 Å². The summed E-state index contributed by atoms with van der Waals surface area (Å²) in [5.41, 5.74) is 2.74. The second-order valence-corrected chi connectivity index (χ2v) is 8.56. The first-order valence-electron chi connectivity index (χ1n) is 9.56. The lowest BCUT2D eigenvalue weighted by Gasteiger charge is -2.40. The molecule has 2 saturated carbocycles. The Morgan fingerprint density at radius 2 is 2.32 bits per heavy atom. The number of rotatable bonds is 2. The Balaban J connectivity index is 1.64. The van der Waals surface area contributed by atoms with Crippen LogP contribution < -0.4 is 4.74 Å². The summed E-state index contributed by atoms with van der Waals surface area (Å²) in [6, 6.07) is 4.32. The summed E-state index contributed by atoms with van der Waals surface area (Å²) in [7, 11) is 0. The first kappa shape index (κ1) is 14.4. The highest BCUT2D eigenvalue weighted by Crippen LogP contribution is 2.80. The molecule has 3 fully saturated rings. The molecule has 0 aromatic heterocycles. The molecule has 2 aliphatic heterocycles. The van der Waals surface area contributed by atoms with Gasteiger partial charge in [0, 0.05) is 30.5 Å². The molecule has 1 N–H and O–H groups in total. The number of Topliss-reactive ketones (excluding diaryl/α,β-unsaturated/α-hetero) is 1. The van der Waals surface area contributed by atoms with E-state index in [4.69, 9.17) is 4.74 Å². The molecule has 4 bridgehead atoms. The van der Waals surface area contributed by atoms with Gasteiger partial charge >= 0.3 is 0 Å². The summed E-state index contributed by atoms with van der Waals surface area (Å²) in [5, 5.41) is 10.5. The van der Waals surface area contributed by atoms with Crippen LogP contribution in [-0.4, -0.2) is 41.0 Å². The van der Waals surface area contributed by atoms with Gasteiger partial charge in [-0.15, -0.1) is 6.58 Å².